The van der Waals surface area contributed by atoms with Crippen LogP contribution >= 0.6 is 0 Å². The molecule has 3 N–H and O–H groups in total. The van der Waals surface area contributed by atoms with E-state index in [2.05, 4.69) is 14.7 Å². The highest BCUT2D eigenvalue weighted by molar-refractivity contribution is 7.89. The molecule has 1 rings (SSSR count). The number of H-pyrrole nitrogens is 1. The lowest BCUT2D eigenvalue weighted by molar-refractivity contribution is 0.251. The van der Waals surface area contributed by atoms with E-state index >= 15 is 0 Å². The number of rotatable bonds is 8. The first kappa shape index (κ1) is 14.1. The van der Waals surface area contributed by atoms with Gasteiger partial charge in [-0.2, -0.15) is 0 Å². The molecule has 0 radical (unpaired) electrons. The molecule has 0 aromatic carbocycles. The topological polar surface area (TPSA) is 95.1 Å². The van der Waals surface area contributed by atoms with Crippen molar-refractivity contribution < 1.29 is 13.5 Å². The van der Waals surface area contributed by atoms with Crippen LogP contribution in [0.2, 0.25) is 0 Å². The van der Waals surface area contributed by atoms with Crippen molar-refractivity contribution >= 4 is 10.0 Å². The maximum atomic E-state index is 11.8. The van der Waals surface area contributed by atoms with Gasteiger partial charge >= 0.3 is 0 Å². The minimum atomic E-state index is -3.50. The van der Waals surface area contributed by atoms with Crippen molar-refractivity contribution in [2.75, 3.05) is 13.2 Å². The first-order chi connectivity index (χ1) is 8.10. The van der Waals surface area contributed by atoms with Gasteiger partial charge in [-0.1, -0.05) is 13.3 Å². The molecule has 1 unspecified atom stereocenters. The molecule has 0 aliphatic heterocycles. The Bertz CT molecular complexity index is 396. The number of aliphatic hydroxyl groups is 1. The van der Waals surface area contributed by atoms with Gasteiger partial charge in [0.2, 0.25) is 0 Å². The Morgan fingerprint density at radius 3 is 2.82 bits per heavy atom. The Hall–Kier alpha value is -0.920. The summed E-state index contributed by atoms with van der Waals surface area (Å²) < 4.78 is 26.0. The number of nitrogens with one attached hydrogen (secondary N) is 2. The van der Waals surface area contributed by atoms with Crippen molar-refractivity contribution in [2.45, 2.75) is 31.2 Å². The average molecular weight is 261 g/mol. The van der Waals surface area contributed by atoms with E-state index < -0.39 is 10.0 Å². The third-order valence-electron chi connectivity index (χ3n) is 2.56. The van der Waals surface area contributed by atoms with Gasteiger partial charge in [0, 0.05) is 13.2 Å². The molecule has 1 aromatic heterocycles. The summed E-state index contributed by atoms with van der Waals surface area (Å²) in [7, 11) is -3.50. The van der Waals surface area contributed by atoms with Crippen LogP contribution in [0.1, 0.15) is 26.2 Å². The second kappa shape index (κ2) is 6.73. The van der Waals surface area contributed by atoms with Gasteiger partial charge in [-0.25, -0.2) is 18.1 Å². The summed E-state index contributed by atoms with van der Waals surface area (Å²) in [4.78, 5) is 6.23. The Morgan fingerprint density at radius 1 is 1.53 bits per heavy atom. The first-order valence-corrected chi connectivity index (χ1v) is 7.17. The lowest BCUT2D eigenvalue weighted by Gasteiger charge is -2.15. The summed E-state index contributed by atoms with van der Waals surface area (Å²) in [5.41, 5.74) is 0. The highest BCUT2D eigenvalue weighted by Crippen LogP contribution is 2.11. The zero-order valence-corrected chi connectivity index (χ0v) is 10.7. The van der Waals surface area contributed by atoms with Crippen LogP contribution < -0.4 is 4.72 Å². The third-order valence-corrected chi connectivity index (χ3v) is 3.91. The molecule has 0 aliphatic rings. The highest BCUT2D eigenvalue weighted by Gasteiger charge is 2.17. The molecule has 7 heteroatoms. The fourth-order valence-electron chi connectivity index (χ4n) is 1.63. The van der Waals surface area contributed by atoms with E-state index in [4.69, 9.17) is 5.11 Å². The zero-order valence-electron chi connectivity index (χ0n) is 9.89. The van der Waals surface area contributed by atoms with E-state index in [1.807, 2.05) is 6.92 Å². The number of imidazole rings is 1. The first-order valence-electron chi connectivity index (χ1n) is 5.69. The smallest absolute Gasteiger partial charge is 0.257 e. The molecule has 98 valence electrons. The molecule has 1 heterocycles. The van der Waals surface area contributed by atoms with Gasteiger partial charge in [0.1, 0.15) is 0 Å². The lowest BCUT2D eigenvalue weighted by atomic mass is 10.0. The Labute approximate surface area is 102 Å². The highest BCUT2D eigenvalue weighted by atomic mass is 32.2. The van der Waals surface area contributed by atoms with Crippen LogP contribution in [0.25, 0.3) is 0 Å². The third kappa shape index (κ3) is 4.45. The van der Waals surface area contributed by atoms with Crippen LogP contribution in [0, 0.1) is 5.92 Å². The normalized spacial score (nSPS) is 13.8. The summed E-state index contributed by atoms with van der Waals surface area (Å²) in [6, 6.07) is 0. The number of nitrogens with zero attached hydrogens (tertiary/aromatic N) is 1. The molecule has 0 saturated carbocycles. The van der Waals surface area contributed by atoms with Crippen molar-refractivity contribution in [3.8, 4) is 0 Å². The number of aromatic nitrogens is 2. The molecule has 0 bridgehead atoms. The second-order valence-electron chi connectivity index (χ2n) is 3.93. The minimum absolute atomic E-state index is 0.0664. The molecule has 0 aliphatic carbocycles. The number of aromatic amines is 1. The van der Waals surface area contributed by atoms with Crippen LogP contribution in [0.5, 0.6) is 0 Å². The Balaban J connectivity index is 2.53. The molecule has 1 atom stereocenters. The Kier molecular flexibility index (Phi) is 5.60. The number of hydrogen-bond acceptors (Lipinski definition) is 4. The van der Waals surface area contributed by atoms with Crippen LogP contribution in [0.3, 0.4) is 0 Å². The van der Waals surface area contributed by atoms with E-state index in [1.165, 1.54) is 12.5 Å². The second-order valence-corrected chi connectivity index (χ2v) is 5.67. The largest absolute Gasteiger partial charge is 0.396 e. The molecular weight excluding hydrogens is 242 g/mol. The van der Waals surface area contributed by atoms with Crippen molar-refractivity contribution in [2.24, 2.45) is 5.92 Å². The summed E-state index contributed by atoms with van der Waals surface area (Å²) in [5, 5.41) is 8.95. The van der Waals surface area contributed by atoms with E-state index in [-0.39, 0.29) is 17.6 Å². The van der Waals surface area contributed by atoms with E-state index in [1.54, 1.807) is 0 Å². The molecule has 0 amide bonds. The van der Waals surface area contributed by atoms with Gasteiger partial charge in [-0.3, -0.25) is 0 Å². The summed E-state index contributed by atoms with van der Waals surface area (Å²) >= 11 is 0. The van der Waals surface area contributed by atoms with Gasteiger partial charge in [-0.05, 0) is 18.8 Å². The number of hydrogen-bond donors (Lipinski definition) is 3. The summed E-state index contributed by atoms with van der Waals surface area (Å²) in [5.74, 6) is 0.169. The monoisotopic (exact) mass is 261 g/mol. The van der Waals surface area contributed by atoms with Crippen LogP contribution in [-0.2, 0) is 10.0 Å². The van der Waals surface area contributed by atoms with Gasteiger partial charge in [0.05, 0.1) is 12.5 Å². The number of aliphatic hydroxyl groups excluding tert-OH is 1. The van der Waals surface area contributed by atoms with Crippen molar-refractivity contribution in [3.63, 3.8) is 0 Å². The van der Waals surface area contributed by atoms with Crippen molar-refractivity contribution in [1.82, 2.24) is 14.7 Å². The van der Waals surface area contributed by atoms with E-state index in [0.717, 1.165) is 12.8 Å². The SMILES string of the molecule is CCCC(CCO)CNS(=O)(=O)c1cnc[nH]1. The van der Waals surface area contributed by atoms with Gasteiger partial charge < -0.3 is 10.1 Å². The summed E-state index contributed by atoms with van der Waals surface area (Å²) in [6.45, 7) is 2.46. The molecule has 6 nitrogen and oxygen atoms in total. The lowest BCUT2D eigenvalue weighted by Crippen LogP contribution is -2.30. The van der Waals surface area contributed by atoms with Gasteiger partial charge in [0.15, 0.2) is 5.03 Å². The molecule has 0 saturated heterocycles. The van der Waals surface area contributed by atoms with Crippen LogP contribution in [0.15, 0.2) is 17.6 Å². The zero-order chi connectivity index (χ0) is 12.7. The molecule has 17 heavy (non-hydrogen) atoms. The predicted molar refractivity (Wildman–Crippen MR) is 63.9 cm³/mol. The van der Waals surface area contributed by atoms with Crippen molar-refractivity contribution in [3.05, 3.63) is 12.5 Å². The predicted octanol–water partition coefficient (Wildman–Crippen LogP) is 0.487. The fourth-order valence-corrected chi connectivity index (χ4v) is 2.65. The molecule has 0 fully saturated rings. The van der Waals surface area contributed by atoms with Gasteiger partial charge in [0.25, 0.3) is 10.0 Å². The minimum Gasteiger partial charge on any atom is -0.396 e. The molecule has 0 spiro atoms. The fraction of sp³-hybridized carbons (Fsp3) is 0.700. The van der Waals surface area contributed by atoms with Gasteiger partial charge in [-0.15, -0.1) is 0 Å². The average Bonchev–Trinajstić information content (AvgIpc) is 2.81. The molecular formula is C10H19N3O3S. The van der Waals surface area contributed by atoms with Crippen LogP contribution in [0.4, 0.5) is 0 Å². The Morgan fingerprint density at radius 2 is 2.29 bits per heavy atom. The maximum Gasteiger partial charge on any atom is 0.257 e. The quantitative estimate of drug-likeness (QED) is 0.634. The number of sulfonamides is 1. The maximum absolute atomic E-state index is 11.8. The van der Waals surface area contributed by atoms with E-state index in [9.17, 15) is 8.42 Å². The van der Waals surface area contributed by atoms with E-state index in [0.29, 0.717) is 13.0 Å². The van der Waals surface area contributed by atoms with Crippen LogP contribution in [-0.4, -0.2) is 36.6 Å². The summed E-state index contributed by atoms with van der Waals surface area (Å²) in [6.07, 6.45) is 5.07. The molecule has 1 aromatic rings. The van der Waals surface area contributed by atoms with Crippen molar-refractivity contribution in [1.29, 1.82) is 0 Å². The standard InChI is InChI=1S/C10H19N3O3S/c1-2-3-9(4-5-14)6-13-17(15,16)10-7-11-8-12-10/h7-9,13-14H,2-6H2,1H3,(H,11,12).